The number of nitrogens with zero attached hydrogens (tertiary/aromatic N) is 4. The number of carbonyl (C=O) groups excluding carboxylic acids is 1. The number of alkyl halides is 3. The highest BCUT2D eigenvalue weighted by atomic mass is 19.4. The van der Waals surface area contributed by atoms with Gasteiger partial charge in [-0.3, -0.25) is 24.0 Å². The number of halogens is 4. The largest absolute Gasteiger partial charge is 0.573 e. The molecule has 0 saturated carbocycles. The standard InChI is InChI=1S/C27H23F4N5O4/c1-16(35-8-10-39-11-9-35)25(37)34-23-13-18(3-5-24(23)40-27(29,30)31)36-15-33-22-12-17(2-4-20(22)26(36)38)19-6-7-32-14-21(19)28/h2-7,12-16H,8-11H2,1H3,(H,34,37). The van der Waals surface area contributed by atoms with Crippen LogP contribution in [0.15, 0.2) is 66.0 Å². The predicted molar refractivity (Wildman–Crippen MR) is 138 cm³/mol. The summed E-state index contributed by atoms with van der Waals surface area (Å²) in [5.74, 6) is -1.72. The lowest BCUT2D eigenvalue weighted by Gasteiger charge is -2.31. The Hall–Kier alpha value is -4.36. The zero-order valence-electron chi connectivity index (χ0n) is 21.1. The lowest BCUT2D eigenvalue weighted by Crippen LogP contribution is -2.47. The summed E-state index contributed by atoms with van der Waals surface area (Å²) in [6.45, 7) is 3.50. The minimum absolute atomic E-state index is 0.146. The third-order valence-electron chi connectivity index (χ3n) is 6.54. The summed E-state index contributed by atoms with van der Waals surface area (Å²) in [7, 11) is 0. The van der Waals surface area contributed by atoms with Crippen LogP contribution in [-0.2, 0) is 9.53 Å². The number of rotatable bonds is 6. The first-order valence-corrected chi connectivity index (χ1v) is 12.2. The topological polar surface area (TPSA) is 98.6 Å². The summed E-state index contributed by atoms with van der Waals surface area (Å²) >= 11 is 0. The molecule has 2 aromatic carbocycles. The fraction of sp³-hybridized carbons (Fsp3) is 0.259. The number of nitrogens with one attached hydrogen (secondary N) is 1. The fourth-order valence-corrected chi connectivity index (χ4v) is 4.43. The zero-order chi connectivity index (χ0) is 28.4. The average Bonchev–Trinajstić information content (AvgIpc) is 2.93. The lowest BCUT2D eigenvalue weighted by atomic mass is 10.0. The molecule has 9 nitrogen and oxygen atoms in total. The monoisotopic (exact) mass is 557 g/mol. The Morgan fingerprint density at radius 3 is 2.62 bits per heavy atom. The van der Waals surface area contributed by atoms with Crippen LogP contribution in [0.4, 0.5) is 23.2 Å². The van der Waals surface area contributed by atoms with Crippen LogP contribution in [0.5, 0.6) is 5.75 Å². The molecule has 1 aliphatic rings. The molecule has 0 bridgehead atoms. The number of aromatic nitrogens is 3. The zero-order valence-corrected chi connectivity index (χ0v) is 21.1. The maximum absolute atomic E-state index is 14.2. The second kappa shape index (κ2) is 11.0. The van der Waals surface area contributed by atoms with Crippen molar-refractivity contribution in [2.45, 2.75) is 19.3 Å². The van der Waals surface area contributed by atoms with E-state index in [1.54, 1.807) is 19.1 Å². The van der Waals surface area contributed by atoms with Gasteiger partial charge in [0.2, 0.25) is 5.91 Å². The Morgan fingerprint density at radius 1 is 1.12 bits per heavy atom. The summed E-state index contributed by atoms with van der Waals surface area (Å²) in [6.07, 6.45) is -1.28. The maximum Gasteiger partial charge on any atom is 0.573 e. The van der Waals surface area contributed by atoms with Gasteiger partial charge in [-0.1, -0.05) is 6.07 Å². The third kappa shape index (κ3) is 5.80. The number of morpholine rings is 1. The molecule has 1 saturated heterocycles. The molecule has 5 rings (SSSR count). The van der Waals surface area contributed by atoms with E-state index in [4.69, 9.17) is 4.74 Å². The first-order chi connectivity index (χ1) is 19.1. The van der Waals surface area contributed by atoms with Gasteiger partial charge >= 0.3 is 6.36 Å². The molecule has 1 fully saturated rings. The molecule has 1 N–H and O–H groups in total. The third-order valence-corrected chi connectivity index (χ3v) is 6.54. The molecule has 1 unspecified atom stereocenters. The van der Waals surface area contributed by atoms with Gasteiger partial charge in [-0.25, -0.2) is 9.37 Å². The summed E-state index contributed by atoms with van der Waals surface area (Å²) in [5.41, 5.74) is 0.429. The molecule has 3 heterocycles. The van der Waals surface area contributed by atoms with Crippen molar-refractivity contribution in [1.29, 1.82) is 0 Å². The summed E-state index contributed by atoms with van der Waals surface area (Å²) in [5, 5.41) is 2.70. The minimum Gasteiger partial charge on any atom is -0.404 e. The van der Waals surface area contributed by atoms with E-state index < -0.39 is 35.4 Å². The molecule has 13 heteroatoms. The van der Waals surface area contributed by atoms with Crippen LogP contribution in [-0.4, -0.2) is 64.0 Å². The Balaban J connectivity index is 1.50. The molecule has 2 aromatic heterocycles. The number of carbonyl (C=O) groups is 1. The van der Waals surface area contributed by atoms with Crippen LogP contribution < -0.4 is 15.6 Å². The van der Waals surface area contributed by atoms with Crippen molar-refractivity contribution < 1.29 is 31.8 Å². The first-order valence-electron chi connectivity index (χ1n) is 12.2. The number of hydrogen-bond donors (Lipinski definition) is 1. The second-order valence-corrected chi connectivity index (χ2v) is 9.05. The second-order valence-electron chi connectivity index (χ2n) is 9.05. The van der Waals surface area contributed by atoms with Gasteiger partial charge in [0.1, 0.15) is 12.1 Å². The molecule has 1 amide bonds. The molecule has 40 heavy (non-hydrogen) atoms. The summed E-state index contributed by atoms with van der Waals surface area (Å²) in [6, 6.07) is 8.92. The molecular formula is C27H23F4N5O4. The number of pyridine rings is 1. The Bertz CT molecular complexity index is 1620. The number of hydrogen-bond acceptors (Lipinski definition) is 7. The van der Waals surface area contributed by atoms with Crippen molar-refractivity contribution >= 4 is 22.5 Å². The van der Waals surface area contributed by atoms with E-state index >= 15 is 0 Å². The van der Waals surface area contributed by atoms with Crippen LogP contribution in [0.1, 0.15) is 6.92 Å². The van der Waals surface area contributed by atoms with Crippen molar-refractivity contribution in [2.24, 2.45) is 0 Å². The van der Waals surface area contributed by atoms with Crippen molar-refractivity contribution in [3.63, 3.8) is 0 Å². The van der Waals surface area contributed by atoms with Gasteiger partial charge in [-0.05, 0) is 48.9 Å². The van der Waals surface area contributed by atoms with E-state index in [-0.39, 0.29) is 22.3 Å². The highest BCUT2D eigenvalue weighted by Gasteiger charge is 2.33. The Labute approximate surface area is 225 Å². The quantitative estimate of drug-likeness (QED) is 0.356. The number of ether oxygens (including phenoxy) is 2. The van der Waals surface area contributed by atoms with Crippen molar-refractivity contribution in [3.05, 3.63) is 77.4 Å². The van der Waals surface area contributed by atoms with Gasteiger partial charge in [-0.15, -0.1) is 13.2 Å². The van der Waals surface area contributed by atoms with E-state index in [0.717, 1.165) is 16.8 Å². The highest BCUT2D eigenvalue weighted by Crippen LogP contribution is 2.32. The predicted octanol–water partition coefficient (Wildman–Crippen LogP) is 4.14. The van der Waals surface area contributed by atoms with E-state index in [1.807, 2.05) is 4.90 Å². The van der Waals surface area contributed by atoms with E-state index in [2.05, 4.69) is 20.0 Å². The Kier molecular flexibility index (Phi) is 7.50. The van der Waals surface area contributed by atoms with E-state index in [0.29, 0.717) is 37.4 Å². The summed E-state index contributed by atoms with van der Waals surface area (Å²) in [4.78, 5) is 36.2. The molecule has 0 aliphatic carbocycles. The van der Waals surface area contributed by atoms with Crippen LogP contribution in [0.3, 0.4) is 0 Å². The van der Waals surface area contributed by atoms with Gasteiger partial charge in [0.15, 0.2) is 5.75 Å². The van der Waals surface area contributed by atoms with E-state index in [9.17, 15) is 27.2 Å². The molecule has 0 spiro atoms. The number of benzene rings is 2. The molecule has 1 atom stereocenters. The van der Waals surface area contributed by atoms with Gasteiger partial charge < -0.3 is 14.8 Å². The van der Waals surface area contributed by atoms with E-state index in [1.165, 1.54) is 36.8 Å². The van der Waals surface area contributed by atoms with Crippen molar-refractivity contribution in [1.82, 2.24) is 19.4 Å². The average molecular weight is 558 g/mol. The number of fused-ring (bicyclic) bond motifs is 1. The lowest BCUT2D eigenvalue weighted by molar-refractivity contribution is -0.274. The van der Waals surface area contributed by atoms with Crippen molar-refractivity contribution in [2.75, 3.05) is 31.6 Å². The van der Waals surface area contributed by atoms with Crippen LogP contribution in [0, 0.1) is 5.82 Å². The van der Waals surface area contributed by atoms with Gasteiger partial charge in [0.25, 0.3) is 5.56 Å². The fourth-order valence-electron chi connectivity index (χ4n) is 4.43. The highest BCUT2D eigenvalue weighted by molar-refractivity contribution is 5.96. The maximum atomic E-state index is 14.2. The van der Waals surface area contributed by atoms with Crippen LogP contribution in [0.25, 0.3) is 27.7 Å². The van der Waals surface area contributed by atoms with Crippen molar-refractivity contribution in [3.8, 4) is 22.6 Å². The minimum atomic E-state index is -5.01. The normalized spacial score (nSPS) is 15.1. The first kappa shape index (κ1) is 27.2. The number of amides is 1. The molecule has 1 aliphatic heterocycles. The number of anilines is 1. The van der Waals surface area contributed by atoms with Gasteiger partial charge in [0, 0.05) is 24.8 Å². The van der Waals surface area contributed by atoms with Crippen LogP contribution in [0.2, 0.25) is 0 Å². The smallest absolute Gasteiger partial charge is 0.404 e. The van der Waals surface area contributed by atoms with Crippen LogP contribution >= 0.6 is 0 Å². The molecular weight excluding hydrogens is 534 g/mol. The SMILES string of the molecule is CC(C(=O)Nc1cc(-n2cnc3cc(-c4ccncc4F)ccc3c2=O)ccc1OC(F)(F)F)N1CCOCC1. The van der Waals surface area contributed by atoms with Gasteiger partial charge in [0.05, 0.1) is 47.7 Å². The molecule has 0 radical (unpaired) electrons. The molecule has 208 valence electrons. The Morgan fingerprint density at radius 2 is 1.90 bits per heavy atom. The van der Waals surface area contributed by atoms with Gasteiger partial charge in [-0.2, -0.15) is 0 Å². The summed E-state index contributed by atoms with van der Waals surface area (Å²) < 4.78 is 64.0. The molecule has 4 aromatic rings.